The quantitative estimate of drug-likeness (QED) is 0.419. The first-order valence-corrected chi connectivity index (χ1v) is 9.45. The van der Waals surface area contributed by atoms with Gasteiger partial charge in [0.1, 0.15) is 23.1 Å². The van der Waals surface area contributed by atoms with Gasteiger partial charge in [0.15, 0.2) is 0 Å². The van der Waals surface area contributed by atoms with Crippen molar-refractivity contribution in [2.45, 2.75) is 19.8 Å². The van der Waals surface area contributed by atoms with E-state index in [0.29, 0.717) is 18.6 Å². The second kappa shape index (κ2) is 8.23. The number of halogens is 1. The first kappa shape index (κ1) is 18.8. The zero-order valence-corrected chi connectivity index (χ0v) is 16.1. The predicted octanol–water partition coefficient (Wildman–Crippen LogP) is 5.83. The molecule has 3 aromatic carbocycles. The molecule has 0 spiro atoms. The number of hydrogen-bond acceptors (Lipinski definition) is 3. The van der Waals surface area contributed by atoms with E-state index in [1.807, 2.05) is 55.5 Å². The summed E-state index contributed by atoms with van der Waals surface area (Å²) in [5, 5.41) is 0.955. The van der Waals surface area contributed by atoms with Gasteiger partial charge in [0, 0.05) is 24.4 Å². The normalized spacial score (nSPS) is 10.8. The van der Waals surface area contributed by atoms with E-state index in [4.69, 9.17) is 4.74 Å². The Kier molecular flexibility index (Phi) is 5.34. The van der Waals surface area contributed by atoms with Crippen molar-refractivity contribution < 1.29 is 13.9 Å². The third kappa shape index (κ3) is 4.66. The minimum Gasteiger partial charge on any atom is -0.457 e. The molecule has 0 radical (unpaired) electrons. The fraction of sp³-hybridized carbons (Fsp3) is 0.120. The van der Waals surface area contributed by atoms with Crippen LogP contribution in [0.2, 0.25) is 0 Å². The summed E-state index contributed by atoms with van der Waals surface area (Å²) in [6.45, 7) is 2.03. The van der Waals surface area contributed by atoms with Gasteiger partial charge in [-0.05, 0) is 66.1 Å². The van der Waals surface area contributed by atoms with Gasteiger partial charge in [-0.1, -0.05) is 30.3 Å². The Bertz CT molecular complexity index is 1150. The highest BCUT2D eigenvalue weighted by molar-refractivity contribution is 5.85. The first-order chi connectivity index (χ1) is 14.1. The number of rotatable bonds is 6. The molecular formula is C25H20FNO2. The highest BCUT2D eigenvalue weighted by Crippen LogP contribution is 2.29. The van der Waals surface area contributed by atoms with Gasteiger partial charge in [0.2, 0.25) is 0 Å². The van der Waals surface area contributed by atoms with Crippen LogP contribution in [0.4, 0.5) is 4.39 Å². The van der Waals surface area contributed by atoms with Gasteiger partial charge in [0.05, 0.1) is 5.52 Å². The van der Waals surface area contributed by atoms with Gasteiger partial charge in [-0.15, -0.1) is 0 Å². The van der Waals surface area contributed by atoms with Crippen molar-refractivity contribution in [3.63, 3.8) is 0 Å². The van der Waals surface area contributed by atoms with Crippen LogP contribution in [0.15, 0.2) is 79.0 Å². The van der Waals surface area contributed by atoms with Crippen LogP contribution in [-0.2, 0) is 17.6 Å². The summed E-state index contributed by atoms with van der Waals surface area (Å²) in [7, 11) is 0. The average Bonchev–Trinajstić information content (AvgIpc) is 2.71. The summed E-state index contributed by atoms with van der Waals surface area (Å²) in [5.41, 5.74) is 3.78. The predicted molar refractivity (Wildman–Crippen MR) is 112 cm³/mol. The Labute approximate surface area is 168 Å². The molecule has 4 aromatic rings. The zero-order chi connectivity index (χ0) is 20.2. The molecule has 0 aliphatic heterocycles. The number of aromatic nitrogens is 1. The van der Waals surface area contributed by atoms with E-state index in [1.54, 1.807) is 18.3 Å². The molecule has 4 heteroatoms. The number of benzene rings is 3. The van der Waals surface area contributed by atoms with Crippen molar-refractivity contribution in [1.29, 1.82) is 0 Å². The Morgan fingerprint density at radius 1 is 0.897 bits per heavy atom. The number of pyridine rings is 1. The van der Waals surface area contributed by atoms with Crippen LogP contribution in [0.5, 0.6) is 11.5 Å². The molecule has 3 nitrogen and oxygen atoms in total. The summed E-state index contributed by atoms with van der Waals surface area (Å²) in [4.78, 5) is 16.7. The van der Waals surface area contributed by atoms with E-state index in [2.05, 4.69) is 4.98 Å². The van der Waals surface area contributed by atoms with Crippen LogP contribution >= 0.6 is 0 Å². The summed E-state index contributed by atoms with van der Waals surface area (Å²) in [6, 6.07) is 21.5. The second-order valence-electron chi connectivity index (χ2n) is 7.09. The molecule has 0 N–H and O–H groups in total. The molecule has 0 saturated heterocycles. The smallest absolute Gasteiger partial charge is 0.141 e. The molecule has 0 fully saturated rings. The summed E-state index contributed by atoms with van der Waals surface area (Å²) in [5.74, 6) is 1.23. The van der Waals surface area contributed by atoms with Crippen molar-refractivity contribution >= 4 is 16.7 Å². The van der Waals surface area contributed by atoms with Gasteiger partial charge >= 0.3 is 0 Å². The lowest BCUT2D eigenvalue weighted by molar-refractivity contribution is -0.117. The number of fused-ring (bicyclic) bond motifs is 1. The van der Waals surface area contributed by atoms with Gasteiger partial charge in [0.25, 0.3) is 0 Å². The number of carbonyl (C=O) groups is 1. The van der Waals surface area contributed by atoms with Crippen LogP contribution in [0, 0.1) is 12.7 Å². The van der Waals surface area contributed by atoms with E-state index in [1.165, 1.54) is 12.1 Å². The Morgan fingerprint density at radius 3 is 2.24 bits per heavy atom. The number of Topliss-reactive ketones (excluding diaryl/α,β-unsaturated/α-hetero) is 1. The molecule has 0 aliphatic rings. The number of aryl methyl sites for hydroxylation is 1. The Balaban J connectivity index is 1.43. The maximum atomic E-state index is 13.0. The van der Waals surface area contributed by atoms with Gasteiger partial charge in [-0.3, -0.25) is 9.78 Å². The van der Waals surface area contributed by atoms with E-state index in [9.17, 15) is 9.18 Å². The molecular weight excluding hydrogens is 365 g/mol. The minimum absolute atomic E-state index is 0.0841. The monoisotopic (exact) mass is 385 g/mol. The summed E-state index contributed by atoms with van der Waals surface area (Å²) < 4.78 is 19.0. The van der Waals surface area contributed by atoms with Gasteiger partial charge in [-0.25, -0.2) is 4.39 Å². The van der Waals surface area contributed by atoms with Crippen molar-refractivity contribution in [3.05, 3.63) is 102 Å². The van der Waals surface area contributed by atoms with Crippen LogP contribution in [0.1, 0.15) is 16.7 Å². The number of carbonyl (C=O) groups excluding carboxylic acids is 1. The molecule has 0 atom stereocenters. The molecule has 0 aliphatic carbocycles. The summed E-state index contributed by atoms with van der Waals surface area (Å²) >= 11 is 0. The first-order valence-electron chi connectivity index (χ1n) is 9.45. The lowest BCUT2D eigenvalue weighted by atomic mass is 10.0. The molecule has 29 heavy (non-hydrogen) atoms. The van der Waals surface area contributed by atoms with Crippen molar-refractivity contribution in [2.24, 2.45) is 0 Å². The number of hydrogen-bond donors (Lipinski definition) is 0. The van der Waals surface area contributed by atoms with E-state index < -0.39 is 0 Å². The fourth-order valence-corrected chi connectivity index (χ4v) is 3.24. The maximum Gasteiger partial charge on any atom is 0.141 e. The minimum atomic E-state index is -0.297. The highest BCUT2D eigenvalue weighted by Gasteiger charge is 2.08. The average molecular weight is 385 g/mol. The topological polar surface area (TPSA) is 39.2 Å². The van der Waals surface area contributed by atoms with Gasteiger partial charge < -0.3 is 4.74 Å². The molecule has 0 saturated carbocycles. The largest absolute Gasteiger partial charge is 0.457 e. The lowest BCUT2D eigenvalue weighted by Gasteiger charge is -2.10. The highest BCUT2D eigenvalue weighted by atomic mass is 19.1. The van der Waals surface area contributed by atoms with E-state index in [-0.39, 0.29) is 11.6 Å². The number of ketones is 1. The van der Waals surface area contributed by atoms with E-state index >= 15 is 0 Å². The maximum absolute atomic E-state index is 13.0. The molecule has 0 unspecified atom stereocenters. The lowest BCUT2D eigenvalue weighted by Crippen LogP contribution is -2.06. The van der Waals surface area contributed by atoms with Crippen LogP contribution in [0.3, 0.4) is 0 Å². The molecule has 0 bridgehead atoms. The third-order valence-electron chi connectivity index (χ3n) is 4.73. The molecule has 1 heterocycles. The summed E-state index contributed by atoms with van der Waals surface area (Å²) in [6.07, 6.45) is 2.36. The number of nitrogens with zero attached hydrogens (tertiary/aromatic N) is 1. The van der Waals surface area contributed by atoms with Crippen molar-refractivity contribution in [1.82, 2.24) is 4.98 Å². The Hall–Kier alpha value is -3.53. The SMILES string of the molecule is Cc1ccc2c(Oc3ccc(CC(=O)Cc4ccc(F)cc4)cc3)ccnc2c1. The Morgan fingerprint density at radius 2 is 1.55 bits per heavy atom. The zero-order valence-electron chi connectivity index (χ0n) is 16.1. The van der Waals surface area contributed by atoms with Gasteiger partial charge in [-0.2, -0.15) is 0 Å². The molecule has 1 aromatic heterocycles. The standard InChI is InChI=1S/C25H20FNO2/c1-17-2-11-23-24(14-17)27-13-12-25(23)29-22-9-5-19(6-10-22)16-21(28)15-18-3-7-20(26)8-4-18/h2-14H,15-16H2,1H3. The van der Waals surface area contributed by atoms with Crippen LogP contribution in [-0.4, -0.2) is 10.8 Å². The van der Waals surface area contributed by atoms with Crippen molar-refractivity contribution in [3.8, 4) is 11.5 Å². The molecule has 0 amide bonds. The third-order valence-corrected chi connectivity index (χ3v) is 4.73. The van der Waals surface area contributed by atoms with Crippen molar-refractivity contribution in [2.75, 3.05) is 0 Å². The van der Waals surface area contributed by atoms with E-state index in [0.717, 1.165) is 33.3 Å². The fourth-order valence-electron chi connectivity index (χ4n) is 3.24. The second-order valence-corrected chi connectivity index (χ2v) is 7.09. The molecule has 144 valence electrons. The number of ether oxygens (including phenoxy) is 1. The van der Waals surface area contributed by atoms with Crippen LogP contribution in [0.25, 0.3) is 10.9 Å². The van der Waals surface area contributed by atoms with Crippen LogP contribution < -0.4 is 4.74 Å². The molecule has 4 rings (SSSR count).